The lowest BCUT2D eigenvalue weighted by molar-refractivity contribution is -0.385. The third kappa shape index (κ3) is 1.91. The number of para-hydroxylation sites is 1. The molecule has 0 saturated heterocycles. The van der Waals surface area contributed by atoms with Crippen LogP contribution in [-0.2, 0) is 0 Å². The normalized spacial score (nSPS) is 14.3. The van der Waals surface area contributed by atoms with E-state index in [1.165, 1.54) is 6.07 Å². The Labute approximate surface area is 81.9 Å². The van der Waals surface area contributed by atoms with Gasteiger partial charge in [0.15, 0.2) is 0 Å². The van der Waals surface area contributed by atoms with E-state index in [1.54, 1.807) is 18.2 Å². The minimum Gasteiger partial charge on any atom is -0.258 e. The zero-order chi connectivity index (χ0) is 9.97. The van der Waals surface area contributed by atoms with Crippen LogP contribution in [0.4, 0.5) is 5.69 Å². The highest BCUT2D eigenvalue weighted by Gasteiger charge is 2.18. The third-order valence-corrected chi connectivity index (χ3v) is 2.09. The summed E-state index contributed by atoms with van der Waals surface area (Å²) in [5.41, 5.74) is 0.616. The van der Waals surface area contributed by atoms with Gasteiger partial charge in [0.05, 0.1) is 4.92 Å². The van der Waals surface area contributed by atoms with Gasteiger partial charge in [-0.25, -0.2) is 0 Å². The van der Waals surface area contributed by atoms with Crippen molar-refractivity contribution in [2.24, 2.45) is 5.92 Å². The van der Waals surface area contributed by atoms with Crippen LogP contribution in [-0.4, -0.2) is 4.92 Å². The van der Waals surface area contributed by atoms with Crippen LogP contribution in [0.1, 0.15) is 18.4 Å². The van der Waals surface area contributed by atoms with E-state index in [2.05, 4.69) is 11.8 Å². The van der Waals surface area contributed by atoms with E-state index in [9.17, 15) is 10.1 Å². The number of nitro benzene ring substituents is 1. The van der Waals surface area contributed by atoms with Gasteiger partial charge in [-0.15, -0.1) is 0 Å². The molecule has 1 aromatic carbocycles. The van der Waals surface area contributed by atoms with Crippen molar-refractivity contribution < 1.29 is 4.92 Å². The number of hydrogen-bond acceptors (Lipinski definition) is 2. The van der Waals surface area contributed by atoms with E-state index in [4.69, 9.17) is 0 Å². The molecule has 0 spiro atoms. The maximum atomic E-state index is 10.6. The van der Waals surface area contributed by atoms with E-state index in [0.29, 0.717) is 11.5 Å². The summed E-state index contributed by atoms with van der Waals surface area (Å²) < 4.78 is 0. The van der Waals surface area contributed by atoms with Crippen LogP contribution in [0.2, 0.25) is 0 Å². The topological polar surface area (TPSA) is 43.1 Å². The first kappa shape index (κ1) is 8.76. The molecule has 70 valence electrons. The Hall–Kier alpha value is -1.82. The molecule has 0 unspecified atom stereocenters. The molecule has 0 amide bonds. The van der Waals surface area contributed by atoms with E-state index in [-0.39, 0.29) is 5.69 Å². The first-order valence-corrected chi connectivity index (χ1v) is 4.52. The van der Waals surface area contributed by atoms with Gasteiger partial charge in [-0.05, 0) is 18.9 Å². The summed E-state index contributed by atoms with van der Waals surface area (Å²) in [4.78, 5) is 10.2. The zero-order valence-electron chi connectivity index (χ0n) is 7.56. The van der Waals surface area contributed by atoms with Crippen LogP contribution in [0, 0.1) is 27.9 Å². The lowest BCUT2D eigenvalue weighted by Crippen LogP contribution is -1.91. The summed E-state index contributed by atoms with van der Waals surface area (Å²) in [5, 5.41) is 10.6. The molecule has 0 aliphatic heterocycles. The van der Waals surface area contributed by atoms with Gasteiger partial charge in [-0.1, -0.05) is 24.0 Å². The SMILES string of the molecule is O=[N+]([O-])c1ccccc1C#CC1CC1. The number of hydrogen-bond donors (Lipinski definition) is 0. The molecule has 1 aliphatic carbocycles. The minimum atomic E-state index is -0.392. The van der Waals surface area contributed by atoms with E-state index in [1.807, 2.05) is 0 Å². The summed E-state index contributed by atoms with van der Waals surface area (Å²) in [6, 6.07) is 6.59. The Kier molecular flexibility index (Phi) is 2.19. The molecule has 0 heterocycles. The quantitative estimate of drug-likeness (QED) is 0.385. The molecule has 3 heteroatoms. The van der Waals surface area contributed by atoms with Gasteiger partial charge in [0.1, 0.15) is 5.56 Å². The van der Waals surface area contributed by atoms with Crippen molar-refractivity contribution in [3.63, 3.8) is 0 Å². The second-order valence-electron chi connectivity index (χ2n) is 3.32. The molecule has 1 saturated carbocycles. The smallest absolute Gasteiger partial charge is 0.258 e. The van der Waals surface area contributed by atoms with Crippen molar-refractivity contribution in [1.82, 2.24) is 0 Å². The maximum Gasteiger partial charge on any atom is 0.284 e. The number of rotatable bonds is 1. The van der Waals surface area contributed by atoms with Crippen molar-refractivity contribution in [2.45, 2.75) is 12.8 Å². The van der Waals surface area contributed by atoms with Crippen molar-refractivity contribution >= 4 is 5.69 Å². The Morgan fingerprint density at radius 2 is 2.07 bits per heavy atom. The van der Waals surface area contributed by atoms with Crippen molar-refractivity contribution in [3.8, 4) is 11.8 Å². The molecule has 14 heavy (non-hydrogen) atoms. The van der Waals surface area contributed by atoms with Gasteiger partial charge in [-0.2, -0.15) is 0 Å². The van der Waals surface area contributed by atoms with Crippen LogP contribution in [0.5, 0.6) is 0 Å². The van der Waals surface area contributed by atoms with Gasteiger partial charge in [0, 0.05) is 12.0 Å². The number of benzene rings is 1. The minimum absolute atomic E-state index is 0.0978. The highest BCUT2D eigenvalue weighted by molar-refractivity contribution is 5.50. The van der Waals surface area contributed by atoms with Crippen molar-refractivity contribution in [2.75, 3.05) is 0 Å². The molecule has 1 aliphatic rings. The lowest BCUT2D eigenvalue weighted by atomic mass is 10.2. The van der Waals surface area contributed by atoms with Gasteiger partial charge < -0.3 is 0 Å². The van der Waals surface area contributed by atoms with Crippen LogP contribution in [0.15, 0.2) is 24.3 Å². The molecule has 0 radical (unpaired) electrons. The zero-order valence-corrected chi connectivity index (χ0v) is 7.56. The fourth-order valence-electron chi connectivity index (χ4n) is 1.15. The molecular weight excluding hydrogens is 178 g/mol. The van der Waals surface area contributed by atoms with Crippen molar-refractivity contribution in [1.29, 1.82) is 0 Å². The fourth-order valence-corrected chi connectivity index (χ4v) is 1.15. The van der Waals surface area contributed by atoms with Crippen molar-refractivity contribution in [3.05, 3.63) is 39.9 Å². The van der Waals surface area contributed by atoms with E-state index >= 15 is 0 Å². The molecule has 0 bridgehead atoms. The molecule has 0 aromatic heterocycles. The standard InChI is InChI=1S/C11H9NO2/c13-12(14)11-4-2-1-3-10(11)8-7-9-5-6-9/h1-4,9H,5-6H2. The number of nitro groups is 1. The summed E-state index contributed by atoms with van der Waals surface area (Å²) >= 11 is 0. The summed E-state index contributed by atoms with van der Waals surface area (Å²) in [6.07, 6.45) is 2.27. The molecular formula is C11H9NO2. The Morgan fingerprint density at radius 1 is 1.36 bits per heavy atom. The van der Waals surface area contributed by atoms with Crippen LogP contribution in [0.25, 0.3) is 0 Å². The van der Waals surface area contributed by atoms with Crippen LogP contribution >= 0.6 is 0 Å². The van der Waals surface area contributed by atoms with E-state index in [0.717, 1.165) is 12.8 Å². The largest absolute Gasteiger partial charge is 0.284 e. The Balaban J connectivity index is 2.32. The maximum absolute atomic E-state index is 10.6. The lowest BCUT2D eigenvalue weighted by Gasteiger charge is -1.93. The number of nitrogens with zero attached hydrogens (tertiary/aromatic N) is 1. The highest BCUT2D eigenvalue weighted by atomic mass is 16.6. The first-order chi connectivity index (χ1) is 6.77. The second kappa shape index (κ2) is 3.51. The summed E-state index contributed by atoms with van der Waals surface area (Å²) in [6.45, 7) is 0. The molecule has 3 nitrogen and oxygen atoms in total. The first-order valence-electron chi connectivity index (χ1n) is 4.52. The second-order valence-corrected chi connectivity index (χ2v) is 3.32. The van der Waals surface area contributed by atoms with Gasteiger partial charge >= 0.3 is 0 Å². The predicted octanol–water partition coefficient (Wildman–Crippen LogP) is 2.36. The monoisotopic (exact) mass is 187 g/mol. The van der Waals surface area contributed by atoms with Crippen LogP contribution < -0.4 is 0 Å². The van der Waals surface area contributed by atoms with Gasteiger partial charge in [-0.3, -0.25) is 10.1 Å². The summed E-state index contributed by atoms with van der Waals surface area (Å²) in [5.74, 6) is 6.35. The molecule has 0 atom stereocenters. The Morgan fingerprint density at radius 3 is 2.71 bits per heavy atom. The summed E-state index contributed by atoms with van der Waals surface area (Å²) in [7, 11) is 0. The Bertz CT molecular complexity index is 424. The molecule has 0 N–H and O–H groups in total. The fraction of sp³-hybridized carbons (Fsp3) is 0.273. The molecule has 2 rings (SSSR count). The predicted molar refractivity (Wildman–Crippen MR) is 52.7 cm³/mol. The van der Waals surface area contributed by atoms with Gasteiger partial charge in [0.2, 0.25) is 0 Å². The van der Waals surface area contributed by atoms with E-state index < -0.39 is 4.92 Å². The third-order valence-electron chi connectivity index (χ3n) is 2.09. The molecule has 1 aromatic rings. The average Bonchev–Trinajstić information content (AvgIpc) is 2.98. The van der Waals surface area contributed by atoms with Gasteiger partial charge in [0.25, 0.3) is 5.69 Å². The van der Waals surface area contributed by atoms with Crippen LogP contribution in [0.3, 0.4) is 0 Å². The average molecular weight is 187 g/mol. The highest BCUT2D eigenvalue weighted by Crippen LogP contribution is 2.28. The molecule has 1 fully saturated rings.